The Morgan fingerprint density at radius 2 is 1.77 bits per heavy atom. The van der Waals surface area contributed by atoms with Gasteiger partial charge in [-0.05, 0) is 48.8 Å². The van der Waals surface area contributed by atoms with E-state index in [-0.39, 0.29) is 12.4 Å². The second-order valence-electron chi connectivity index (χ2n) is 6.65. The number of amides is 1. The summed E-state index contributed by atoms with van der Waals surface area (Å²) in [7, 11) is 0. The van der Waals surface area contributed by atoms with Crippen molar-refractivity contribution in [1.82, 2.24) is 10.2 Å². The number of halogens is 1. The lowest BCUT2D eigenvalue weighted by Crippen LogP contribution is -2.44. The van der Waals surface area contributed by atoms with Gasteiger partial charge in [0, 0.05) is 19.6 Å². The van der Waals surface area contributed by atoms with Crippen LogP contribution in [0.2, 0.25) is 0 Å². The topological polar surface area (TPSA) is 32.3 Å². The Morgan fingerprint density at radius 3 is 2.32 bits per heavy atom. The fourth-order valence-corrected chi connectivity index (χ4v) is 3.63. The highest BCUT2D eigenvalue weighted by atomic mass is 35.5. The lowest BCUT2D eigenvalue weighted by molar-refractivity contribution is -0.132. The van der Waals surface area contributed by atoms with Crippen LogP contribution >= 0.6 is 12.4 Å². The fraction of sp³-hybridized carbons (Fsp3) is 0.611. The number of rotatable bonds is 3. The monoisotopic (exact) mass is 322 g/mol. The summed E-state index contributed by atoms with van der Waals surface area (Å²) in [5, 5.41) is 3.47. The van der Waals surface area contributed by atoms with Gasteiger partial charge < -0.3 is 10.2 Å². The Balaban J connectivity index is 0.00000176. The van der Waals surface area contributed by atoms with Crippen LogP contribution in [0.3, 0.4) is 0 Å². The summed E-state index contributed by atoms with van der Waals surface area (Å²) < 4.78 is 0. The molecule has 1 aromatic carbocycles. The maximum Gasteiger partial charge on any atom is 0.226 e. The van der Waals surface area contributed by atoms with Crippen molar-refractivity contribution in [3.63, 3.8) is 0 Å². The molecule has 3 rings (SSSR count). The Morgan fingerprint density at radius 1 is 1.14 bits per heavy atom. The Bertz CT molecular complexity index is 484. The highest BCUT2D eigenvalue weighted by Crippen LogP contribution is 2.36. The molecule has 1 spiro atoms. The van der Waals surface area contributed by atoms with E-state index in [1.165, 1.54) is 24.8 Å². The average Bonchev–Trinajstić information content (AvgIpc) is 2.97. The molecular weight excluding hydrogens is 296 g/mol. The van der Waals surface area contributed by atoms with Crippen LogP contribution in [0, 0.1) is 5.41 Å². The number of hydrogen-bond donors (Lipinski definition) is 1. The van der Waals surface area contributed by atoms with Gasteiger partial charge in [-0.25, -0.2) is 0 Å². The quantitative estimate of drug-likeness (QED) is 0.928. The van der Waals surface area contributed by atoms with Gasteiger partial charge in [-0.1, -0.05) is 31.2 Å². The van der Waals surface area contributed by atoms with Gasteiger partial charge in [-0.15, -0.1) is 12.4 Å². The number of piperidine rings is 1. The Kier molecular flexibility index (Phi) is 5.87. The number of benzene rings is 1. The van der Waals surface area contributed by atoms with Crippen LogP contribution in [-0.2, 0) is 17.6 Å². The molecule has 0 aromatic heterocycles. The first-order chi connectivity index (χ1) is 10.2. The van der Waals surface area contributed by atoms with E-state index in [4.69, 9.17) is 0 Å². The lowest BCUT2D eigenvalue weighted by Gasteiger charge is -2.39. The molecule has 0 atom stereocenters. The zero-order valence-corrected chi connectivity index (χ0v) is 14.3. The predicted molar refractivity (Wildman–Crippen MR) is 92.5 cm³/mol. The van der Waals surface area contributed by atoms with Crippen molar-refractivity contribution in [2.45, 2.75) is 39.0 Å². The van der Waals surface area contributed by atoms with Crippen molar-refractivity contribution < 1.29 is 4.79 Å². The number of likely N-dealkylation sites (tertiary alicyclic amines) is 1. The molecular formula is C18H27ClN2O. The molecule has 2 aliphatic heterocycles. The maximum absolute atomic E-state index is 12.4. The summed E-state index contributed by atoms with van der Waals surface area (Å²) in [5.41, 5.74) is 2.96. The number of nitrogens with one attached hydrogen (secondary N) is 1. The van der Waals surface area contributed by atoms with Gasteiger partial charge >= 0.3 is 0 Å². The summed E-state index contributed by atoms with van der Waals surface area (Å²) in [5.74, 6) is 0.292. The number of nitrogens with zero attached hydrogens (tertiary/aromatic N) is 1. The summed E-state index contributed by atoms with van der Waals surface area (Å²) >= 11 is 0. The van der Waals surface area contributed by atoms with Gasteiger partial charge in [0.15, 0.2) is 0 Å². The molecule has 1 amide bonds. The van der Waals surface area contributed by atoms with E-state index in [1.54, 1.807) is 0 Å². The van der Waals surface area contributed by atoms with Crippen molar-refractivity contribution in [2.75, 3.05) is 26.2 Å². The second-order valence-corrected chi connectivity index (χ2v) is 6.65. The van der Waals surface area contributed by atoms with Crippen LogP contribution in [-0.4, -0.2) is 37.0 Å². The highest BCUT2D eigenvalue weighted by molar-refractivity contribution is 5.85. The van der Waals surface area contributed by atoms with Crippen LogP contribution in [0.25, 0.3) is 0 Å². The minimum atomic E-state index is 0. The third-order valence-electron chi connectivity index (χ3n) is 5.30. The molecule has 2 fully saturated rings. The molecule has 2 heterocycles. The van der Waals surface area contributed by atoms with Crippen molar-refractivity contribution in [3.05, 3.63) is 35.4 Å². The lowest BCUT2D eigenvalue weighted by atomic mass is 9.78. The maximum atomic E-state index is 12.4. The second kappa shape index (κ2) is 7.47. The minimum Gasteiger partial charge on any atom is -0.342 e. The fourth-order valence-electron chi connectivity index (χ4n) is 3.63. The first-order valence-corrected chi connectivity index (χ1v) is 8.27. The summed E-state index contributed by atoms with van der Waals surface area (Å²) in [6.45, 7) is 6.33. The van der Waals surface area contributed by atoms with E-state index in [2.05, 4.69) is 41.4 Å². The van der Waals surface area contributed by atoms with Crippen molar-refractivity contribution in [1.29, 1.82) is 0 Å². The molecule has 0 bridgehead atoms. The summed E-state index contributed by atoms with van der Waals surface area (Å²) in [6, 6.07) is 8.47. The Labute approximate surface area is 139 Å². The predicted octanol–water partition coefficient (Wildman–Crippen LogP) is 2.82. The van der Waals surface area contributed by atoms with Gasteiger partial charge in [0.2, 0.25) is 5.91 Å². The average molecular weight is 323 g/mol. The van der Waals surface area contributed by atoms with E-state index < -0.39 is 0 Å². The van der Waals surface area contributed by atoms with Crippen LogP contribution in [0.5, 0.6) is 0 Å². The molecule has 2 aliphatic rings. The molecule has 0 radical (unpaired) electrons. The third kappa shape index (κ3) is 3.82. The smallest absolute Gasteiger partial charge is 0.226 e. The van der Waals surface area contributed by atoms with Crippen LogP contribution < -0.4 is 5.32 Å². The molecule has 3 nitrogen and oxygen atoms in total. The van der Waals surface area contributed by atoms with E-state index in [1.807, 2.05) is 0 Å². The zero-order valence-electron chi connectivity index (χ0n) is 13.4. The molecule has 1 N–H and O–H groups in total. The van der Waals surface area contributed by atoms with Crippen LogP contribution in [0.15, 0.2) is 24.3 Å². The summed E-state index contributed by atoms with van der Waals surface area (Å²) in [6.07, 6.45) is 5.22. The van der Waals surface area contributed by atoms with Gasteiger partial charge in [-0.3, -0.25) is 4.79 Å². The van der Waals surface area contributed by atoms with E-state index >= 15 is 0 Å². The number of aryl methyl sites for hydroxylation is 1. The van der Waals surface area contributed by atoms with Crippen LogP contribution in [0.4, 0.5) is 0 Å². The standard InChI is InChI=1S/C18H26N2O.ClH/c1-2-15-3-5-16(6-4-15)13-17(21)20-11-8-18(9-12-20)7-10-19-14-18;/h3-6,19H,2,7-14H2,1H3;1H. The normalized spacial score (nSPS) is 20.0. The first kappa shape index (κ1) is 17.3. The molecule has 22 heavy (non-hydrogen) atoms. The van der Waals surface area contributed by atoms with Gasteiger partial charge in [0.25, 0.3) is 0 Å². The van der Waals surface area contributed by atoms with Gasteiger partial charge in [0.1, 0.15) is 0 Å². The molecule has 1 aromatic rings. The number of hydrogen-bond acceptors (Lipinski definition) is 2. The van der Waals surface area contributed by atoms with Gasteiger partial charge in [-0.2, -0.15) is 0 Å². The van der Waals surface area contributed by atoms with E-state index in [9.17, 15) is 4.79 Å². The third-order valence-corrected chi connectivity index (χ3v) is 5.30. The molecule has 2 saturated heterocycles. The molecule has 122 valence electrons. The Hall–Kier alpha value is -1.06. The number of carbonyl (C=O) groups excluding carboxylic acids is 1. The van der Waals surface area contributed by atoms with Crippen molar-refractivity contribution >= 4 is 18.3 Å². The molecule has 0 saturated carbocycles. The summed E-state index contributed by atoms with van der Waals surface area (Å²) in [4.78, 5) is 14.5. The number of carbonyl (C=O) groups is 1. The molecule has 0 aliphatic carbocycles. The van der Waals surface area contributed by atoms with E-state index in [0.717, 1.165) is 38.2 Å². The molecule has 0 unspecified atom stereocenters. The highest BCUT2D eigenvalue weighted by Gasteiger charge is 2.37. The largest absolute Gasteiger partial charge is 0.342 e. The minimum absolute atomic E-state index is 0. The van der Waals surface area contributed by atoms with Crippen molar-refractivity contribution in [2.24, 2.45) is 5.41 Å². The van der Waals surface area contributed by atoms with Gasteiger partial charge in [0.05, 0.1) is 6.42 Å². The van der Waals surface area contributed by atoms with Crippen LogP contribution in [0.1, 0.15) is 37.3 Å². The van der Waals surface area contributed by atoms with Crippen molar-refractivity contribution in [3.8, 4) is 0 Å². The zero-order chi connectivity index (χ0) is 14.7. The van der Waals surface area contributed by atoms with E-state index in [0.29, 0.717) is 17.7 Å². The first-order valence-electron chi connectivity index (χ1n) is 8.27. The molecule has 4 heteroatoms. The SMILES string of the molecule is CCc1ccc(CC(=O)N2CCC3(CCNC3)CC2)cc1.Cl.